The van der Waals surface area contributed by atoms with Crippen molar-refractivity contribution in [2.24, 2.45) is 0 Å². The van der Waals surface area contributed by atoms with Gasteiger partial charge in [-0.2, -0.15) is 5.10 Å². The molecule has 0 atom stereocenters. The molecular formula is C23H15F2N3O2. The molecule has 0 N–H and O–H groups in total. The van der Waals surface area contributed by atoms with E-state index >= 15 is 0 Å². The number of fused-ring (bicyclic) bond motifs is 1. The van der Waals surface area contributed by atoms with Crippen LogP contribution in [0.2, 0.25) is 0 Å². The molecule has 2 aromatic heterocycles. The summed E-state index contributed by atoms with van der Waals surface area (Å²) >= 11 is 0. The van der Waals surface area contributed by atoms with E-state index < -0.39 is 11.6 Å². The second kappa shape index (κ2) is 7.11. The fraction of sp³-hybridized carbons (Fsp3) is 0.0435. The van der Waals surface area contributed by atoms with Gasteiger partial charge in [-0.25, -0.2) is 13.5 Å². The van der Waals surface area contributed by atoms with Crippen molar-refractivity contribution in [3.05, 3.63) is 84.6 Å². The zero-order valence-electron chi connectivity index (χ0n) is 15.8. The van der Waals surface area contributed by atoms with Crippen LogP contribution in [0, 0.1) is 11.6 Å². The van der Waals surface area contributed by atoms with E-state index in [0.717, 1.165) is 28.3 Å². The number of benzene rings is 3. The molecule has 148 valence electrons. The molecule has 0 spiro atoms. The summed E-state index contributed by atoms with van der Waals surface area (Å²) in [6, 6.07) is 18.3. The molecule has 0 aliphatic carbocycles. The van der Waals surface area contributed by atoms with Gasteiger partial charge in [-0.05, 0) is 54.6 Å². The highest BCUT2D eigenvalue weighted by molar-refractivity contribution is 5.94. The van der Waals surface area contributed by atoms with E-state index in [1.807, 2.05) is 42.5 Å². The molecule has 0 fully saturated rings. The predicted octanol–water partition coefficient (Wildman–Crippen LogP) is 5.63. The number of hydrogen-bond acceptors (Lipinski definition) is 4. The normalized spacial score (nSPS) is 11.2. The molecule has 7 heteroatoms. The summed E-state index contributed by atoms with van der Waals surface area (Å²) in [5.74, 6) is 0.0342. The van der Waals surface area contributed by atoms with Crippen LogP contribution in [0.1, 0.15) is 0 Å². The Morgan fingerprint density at radius 3 is 2.47 bits per heavy atom. The Kier molecular flexibility index (Phi) is 4.28. The first kappa shape index (κ1) is 18.1. The van der Waals surface area contributed by atoms with Gasteiger partial charge < -0.3 is 9.26 Å². The van der Waals surface area contributed by atoms with Gasteiger partial charge in [-0.1, -0.05) is 11.2 Å². The van der Waals surface area contributed by atoms with Crippen LogP contribution in [0.5, 0.6) is 5.75 Å². The lowest BCUT2D eigenvalue weighted by atomic mass is 10.0. The Labute approximate surface area is 170 Å². The molecule has 0 aliphatic heterocycles. The van der Waals surface area contributed by atoms with E-state index in [1.165, 1.54) is 16.8 Å². The van der Waals surface area contributed by atoms with Crippen molar-refractivity contribution >= 4 is 10.9 Å². The number of aromatic nitrogens is 3. The average Bonchev–Trinajstić information content (AvgIpc) is 3.40. The van der Waals surface area contributed by atoms with E-state index in [0.29, 0.717) is 17.0 Å². The molecule has 2 heterocycles. The highest BCUT2D eigenvalue weighted by atomic mass is 19.1. The zero-order chi connectivity index (χ0) is 20.7. The largest absolute Gasteiger partial charge is 0.497 e. The molecule has 0 unspecified atom stereocenters. The van der Waals surface area contributed by atoms with Gasteiger partial charge in [0.2, 0.25) is 0 Å². The van der Waals surface area contributed by atoms with Crippen LogP contribution in [-0.2, 0) is 0 Å². The summed E-state index contributed by atoms with van der Waals surface area (Å²) in [6.45, 7) is 0. The number of ether oxygens (including phenoxy) is 1. The number of halogens is 2. The van der Waals surface area contributed by atoms with E-state index in [1.54, 1.807) is 19.4 Å². The van der Waals surface area contributed by atoms with Crippen LogP contribution in [0.3, 0.4) is 0 Å². The van der Waals surface area contributed by atoms with Crippen molar-refractivity contribution < 1.29 is 18.0 Å². The molecule has 0 aliphatic rings. The van der Waals surface area contributed by atoms with E-state index in [4.69, 9.17) is 9.26 Å². The first-order valence-electron chi connectivity index (χ1n) is 9.18. The van der Waals surface area contributed by atoms with Crippen molar-refractivity contribution in [2.75, 3.05) is 7.11 Å². The second-order valence-electron chi connectivity index (χ2n) is 6.70. The maximum absolute atomic E-state index is 14.3. The first-order chi connectivity index (χ1) is 14.6. The Hall–Kier alpha value is -4.00. The van der Waals surface area contributed by atoms with Gasteiger partial charge >= 0.3 is 0 Å². The number of methoxy groups -OCH3 is 1. The highest BCUT2D eigenvalue weighted by Gasteiger charge is 2.16. The van der Waals surface area contributed by atoms with Gasteiger partial charge in [0.05, 0.1) is 24.4 Å². The maximum atomic E-state index is 14.3. The third-order valence-electron chi connectivity index (χ3n) is 4.91. The summed E-state index contributed by atoms with van der Waals surface area (Å²) in [5.41, 5.74) is 3.17. The van der Waals surface area contributed by atoms with E-state index in [9.17, 15) is 8.78 Å². The molecule has 5 aromatic rings. The van der Waals surface area contributed by atoms with Crippen molar-refractivity contribution in [2.45, 2.75) is 0 Å². The van der Waals surface area contributed by atoms with Gasteiger partial charge in [0.1, 0.15) is 22.8 Å². The van der Waals surface area contributed by atoms with Gasteiger partial charge in [-0.15, -0.1) is 0 Å². The van der Waals surface area contributed by atoms with E-state index in [-0.39, 0.29) is 5.69 Å². The van der Waals surface area contributed by atoms with E-state index in [2.05, 4.69) is 10.3 Å². The molecule has 5 nitrogen and oxygen atoms in total. The van der Waals surface area contributed by atoms with Crippen molar-refractivity contribution in [3.63, 3.8) is 0 Å². The average molecular weight is 403 g/mol. The highest BCUT2D eigenvalue weighted by Crippen LogP contribution is 2.33. The molecule has 0 saturated carbocycles. The minimum Gasteiger partial charge on any atom is -0.497 e. The van der Waals surface area contributed by atoms with Crippen molar-refractivity contribution in [1.29, 1.82) is 0 Å². The van der Waals surface area contributed by atoms with Gasteiger partial charge in [0.15, 0.2) is 11.6 Å². The number of rotatable bonds is 4. The lowest BCUT2D eigenvalue weighted by Gasteiger charge is -2.09. The minimum absolute atomic E-state index is 0.164. The van der Waals surface area contributed by atoms with Gasteiger partial charge in [0.25, 0.3) is 0 Å². The summed E-state index contributed by atoms with van der Waals surface area (Å²) in [5, 5.41) is 9.17. The minimum atomic E-state index is -0.690. The van der Waals surface area contributed by atoms with Crippen LogP contribution < -0.4 is 4.74 Å². The van der Waals surface area contributed by atoms with Crippen molar-refractivity contribution in [1.82, 2.24) is 14.9 Å². The van der Waals surface area contributed by atoms with Crippen LogP contribution in [-0.4, -0.2) is 22.0 Å². The zero-order valence-corrected chi connectivity index (χ0v) is 15.8. The third-order valence-corrected chi connectivity index (χ3v) is 4.91. The Bertz CT molecular complexity index is 1360. The second-order valence-corrected chi connectivity index (χ2v) is 6.70. The number of hydrogen-bond donors (Lipinski definition) is 0. The lowest BCUT2D eigenvalue weighted by molar-refractivity contribution is 0.414. The standard InChI is InChI=1S/C23H15F2N3O2/c1-29-17-6-2-14(3-7-17)23-18-12-15(4-8-20(18)27-30-23)21-10-11-26-28(21)22-9-5-16(24)13-19(22)25/h2-13H,1H3. The Balaban J connectivity index is 1.62. The summed E-state index contributed by atoms with van der Waals surface area (Å²) in [6.07, 6.45) is 1.57. The molecule has 0 amide bonds. The van der Waals surface area contributed by atoms with Crippen LogP contribution in [0.15, 0.2) is 77.4 Å². The predicted molar refractivity (Wildman–Crippen MR) is 108 cm³/mol. The SMILES string of the molecule is COc1ccc(-c2onc3ccc(-c4ccnn4-c4ccc(F)cc4F)cc23)cc1. The molecule has 0 radical (unpaired) electrons. The topological polar surface area (TPSA) is 53.1 Å². The van der Waals surface area contributed by atoms with Crippen LogP contribution in [0.25, 0.3) is 39.2 Å². The molecular weight excluding hydrogens is 388 g/mol. The number of nitrogens with zero attached hydrogens (tertiary/aromatic N) is 3. The van der Waals surface area contributed by atoms with Crippen LogP contribution in [0.4, 0.5) is 8.78 Å². The van der Waals surface area contributed by atoms with Gasteiger partial charge in [-0.3, -0.25) is 0 Å². The third kappa shape index (κ3) is 3.00. The monoisotopic (exact) mass is 403 g/mol. The lowest BCUT2D eigenvalue weighted by Crippen LogP contribution is -2.02. The maximum Gasteiger partial charge on any atom is 0.174 e. The van der Waals surface area contributed by atoms with Crippen molar-refractivity contribution in [3.8, 4) is 34.0 Å². The molecule has 0 bridgehead atoms. The summed E-state index contributed by atoms with van der Waals surface area (Å²) < 4.78 is 39.9. The summed E-state index contributed by atoms with van der Waals surface area (Å²) in [4.78, 5) is 0. The molecule has 3 aromatic carbocycles. The first-order valence-corrected chi connectivity index (χ1v) is 9.18. The fourth-order valence-electron chi connectivity index (χ4n) is 3.42. The quantitative estimate of drug-likeness (QED) is 0.390. The Morgan fingerprint density at radius 1 is 0.900 bits per heavy atom. The van der Waals surface area contributed by atoms with Gasteiger partial charge in [0, 0.05) is 17.2 Å². The molecule has 30 heavy (non-hydrogen) atoms. The van der Waals surface area contributed by atoms with Crippen LogP contribution >= 0.6 is 0 Å². The molecule has 5 rings (SSSR count). The Morgan fingerprint density at radius 2 is 1.70 bits per heavy atom. The fourth-order valence-corrected chi connectivity index (χ4v) is 3.42. The summed E-state index contributed by atoms with van der Waals surface area (Å²) in [7, 11) is 1.61. The molecule has 0 saturated heterocycles. The smallest absolute Gasteiger partial charge is 0.174 e.